The fraction of sp³-hybridized carbons (Fsp3) is 0.692. The molecule has 0 fully saturated rings. The Hall–Kier alpha value is -0.340. The van der Waals surface area contributed by atoms with Gasteiger partial charge in [-0.1, -0.05) is 26.7 Å². The van der Waals surface area contributed by atoms with Crippen molar-refractivity contribution in [3.8, 4) is 0 Å². The van der Waals surface area contributed by atoms with Gasteiger partial charge in [0.05, 0.1) is 0 Å². The second kappa shape index (κ2) is 7.02. The largest absolute Gasteiger partial charge is 0.330 e. The molecule has 0 aliphatic heterocycles. The molecule has 2 N–H and O–H groups in total. The summed E-state index contributed by atoms with van der Waals surface area (Å²) in [7, 11) is 0. The van der Waals surface area contributed by atoms with E-state index in [1.807, 2.05) is 11.3 Å². The van der Waals surface area contributed by atoms with E-state index in [4.69, 9.17) is 5.73 Å². The van der Waals surface area contributed by atoms with Crippen molar-refractivity contribution in [1.82, 2.24) is 0 Å². The van der Waals surface area contributed by atoms with Crippen molar-refractivity contribution in [2.75, 3.05) is 6.54 Å². The molecule has 0 saturated carbocycles. The summed E-state index contributed by atoms with van der Waals surface area (Å²) >= 11 is 1.90. The molecule has 0 radical (unpaired) electrons. The molecule has 0 aliphatic rings. The van der Waals surface area contributed by atoms with E-state index in [0.717, 1.165) is 13.0 Å². The first-order valence-corrected chi connectivity index (χ1v) is 6.93. The van der Waals surface area contributed by atoms with Crippen LogP contribution in [0.1, 0.15) is 55.9 Å². The Labute approximate surface area is 97.7 Å². The van der Waals surface area contributed by atoms with Gasteiger partial charge >= 0.3 is 0 Å². The monoisotopic (exact) mass is 225 g/mol. The molecule has 0 saturated heterocycles. The quantitative estimate of drug-likeness (QED) is 0.699. The van der Waals surface area contributed by atoms with E-state index in [1.165, 1.54) is 25.7 Å². The van der Waals surface area contributed by atoms with Crippen molar-refractivity contribution < 1.29 is 0 Å². The highest BCUT2D eigenvalue weighted by molar-refractivity contribution is 7.10. The topological polar surface area (TPSA) is 26.0 Å². The second-order valence-electron chi connectivity index (χ2n) is 4.25. The van der Waals surface area contributed by atoms with E-state index in [-0.39, 0.29) is 0 Å². The van der Waals surface area contributed by atoms with Crippen LogP contribution in [0, 0.1) is 0 Å². The lowest BCUT2D eigenvalue weighted by molar-refractivity contribution is 0.678. The van der Waals surface area contributed by atoms with Crippen molar-refractivity contribution in [3.05, 3.63) is 21.9 Å². The van der Waals surface area contributed by atoms with Crippen LogP contribution >= 0.6 is 11.3 Å². The maximum absolute atomic E-state index is 5.61. The molecule has 0 bridgehead atoms. The maximum Gasteiger partial charge on any atom is 0.0106 e. The van der Waals surface area contributed by atoms with Crippen LogP contribution in [0.4, 0.5) is 0 Å². The lowest BCUT2D eigenvalue weighted by atomic mass is 9.99. The van der Waals surface area contributed by atoms with Gasteiger partial charge in [-0.2, -0.15) is 0 Å². The number of hydrogen-bond donors (Lipinski definition) is 1. The van der Waals surface area contributed by atoms with E-state index in [9.17, 15) is 0 Å². The summed E-state index contributed by atoms with van der Waals surface area (Å²) in [5.74, 6) is 0.645. The summed E-state index contributed by atoms with van der Waals surface area (Å²) in [5, 5.41) is 2.23. The number of nitrogens with two attached hydrogens (primary N) is 1. The predicted octanol–water partition coefficient (Wildman–Crippen LogP) is 3.93. The Kier molecular flexibility index (Phi) is 5.96. The van der Waals surface area contributed by atoms with Crippen LogP contribution in [0.5, 0.6) is 0 Å². The van der Waals surface area contributed by atoms with Crippen molar-refractivity contribution >= 4 is 11.3 Å². The van der Waals surface area contributed by atoms with Gasteiger partial charge in [-0.25, -0.2) is 0 Å². The van der Waals surface area contributed by atoms with E-state index < -0.39 is 0 Å². The zero-order valence-corrected chi connectivity index (χ0v) is 10.8. The van der Waals surface area contributed by atoms with Gasteiger partial charge in [-0.05, 0) is 48.7 Å². The summed E-state index contributed by atoms with van der Waals surface area (Å²) in [4.78, 5) is 1.57. The highest BCUT2D eigenvalue weighted by Crippen LogP contribution is 2.29. The Balaban J connectivity index is 2.52. The third-order valence-electron chi connectivity index (χ3n) is 2.88. The smallest absolute Gasteiger partial charge is 0.0106 e. The second-order valence-corrected chi connectivity index (χ2v) is 5.19. The average Bonchev–Trinajstić information content (AvgIpc) is 2.67. The molecular weight excluding hydrogens is 202 g/mol. The summed E-state index contributed by atoms with van der Waals surface area (Å²) in [6, 6.07) is 2.29. The van der Waals surface area contributed by atoms with Crippen LogP contribution < -0.4 is 5.73 Å². The molecule has 2 heteroatoms. The van der Waals surface area contributed by atoms with Crippen molar-refractivity contribution in [1.29, 1.82) is 0 Å². The van der Waals surface area contributed by atoms with Crippen LogP contribution in [0.3, 0.4) is 0 Å². The average molecular weight is 225 g/mol. The Morgan fingerprint density at radius 2 is 2.20 bits per heavy atom. The third kappa shape index (κ3) is 3.96. The molecule has 0 aromatic carbocycles. The summed E-state index contributed by atoms with van der Waals surface area (Å²) in [5.41, 5.74) is 7.18. The first kappa shape index (κ1) is 12.7. The van der Waals surface area contributed by atoms with Gasteiger partial charge in [0.25, 0.3) is 0 Å². The SMILES string of the molecule is CCCCCc1ccsc1C(C)CCN. The number of unbranched alkanes of at least 4 members (excludes halogenated alkanes) is 2. The number of rotatable bonds is 7. The van der Waals surface area contributed by atoms with Gasteiger partial charge in [0.15, 0.2) is 0 Å². The van der Waals surface area contributed by atoms with E-state index in [2.05, 4.69) is 25.3 Å². The normalized spacial score (nSPS) is 13.0. The fourth-order valence-electron chi connectivity index (χ4n) is 1.93. The fourth-order valence-corrected chi connectivity index (χ4v) is 2.98. The number of hydrogen-bond acceptors (Lipinski definition) is 2. The van der Waals surface area contributed by atoms with Crippen LogP contribution in [0.2, 0.25) is 0 Å². The Bertz CT molecular complexity index is 267. The standard InChI is InChI=1S/C13H23NS/c1-3-4-5-6-12-8-10-15-13(12)11(2)7-9-14/h8,10-11H,3-7,9,14H2,1-2H3. The highest BCUT2D eigenvalue weighted by atomic mass is 32.1. The van der Waals surface area contributed by atoms with Gasteiger partial charge in [0, 0.05) is 4.88 Å². The van der Waals surface area contributed by atoms with Crippen molar-refractivity contribution in [2.24, 2.45) is 5.73 Å². The highest BCUT2D eigenvalue weighted by Gasteiger charge is 2.10. The maximum atomic E-state index is 5.61. The molecule has 0 amide bonds. The van der Waals surface area contributed by atoms with Crippen LogP contribution in [-0.4, -0.2) is 6.54 Å². The number of aryl methyl sites for hydroxylation is 1. The molecule has 15 heavy (non-hydrogen) atoms. The molecule has 0 aliphatic carbocycles. The molecule has 1 nitrogen and oxygen atoms in total. The Morgan fingerprint density at radius 3 is 2.87 bits per heavy atom. The van der Waals surface area contributed by atoms with Crippen LogP contribution in [-0.2, 0) is 6.42 Å². The van der Waals surface area contributed by atoms with Gasteiger partial charge in [-0.3, -0.25) is 0 Å². The summed E-state index contributed by atoms with van der Waals surface area (Å²) in [6.45, 7) is 5.35. The minimum absolute atomic E-state index is 0.645. The molecule has 1 aromatic rings. The van der Waals surface area contributed by atoms with Crippen molar-refractivity contribution in [3.63, 3.8) is 0 Å². The molecule has 1 aromatic heterocycles. The minimum Gasteiger partial charge on any atom is -0.330 e. The lowest BCUT2D eigenvalue weighted by Crippen LogP contribution is -2.04. The zero-order valence-electron chi connectivity index (χ0n) is 9.96. The van der Waals surface area contributed by atoms with Gasteiger partial charge in [-0.15, -0.1) is 11.3 Å². The van der Waals surface area contributed by atoms with Crippen LogP contribution in [0.15, 0.2) is 11.4 Å². The molecule has 0 spiro atoms. The van der Waals surface area contributed by atoms with Gasteiger partial charge in [0.2, 0.25) is 0 Å². The van der Waals surface area contributed by atoms with Crippen LogP contribution in [0.25, 0.3) is 0 Å². The van der Waals surface area contributed by atoms with E-state index in [1.54, 1.807) is 10.4 Å². The summed E-state index contributed by atoms with van der Waals surface area (Å²) in [6.07, 6.45) is 6.34. The molecule has 86 valence electrons. The molecule has 1 rings (SSSR count). The number of thiophene rings is 1. The Morgan fingerprint density at radius 1 is 1.40 bits per heavy atom. The molecule has 1 heterocycles. The lowest BCUT2D eigenvalue weighted by Gasteiger charge is -2.10. The first-order chi connectivity index (χ1) is 7.29. The van der Waals surface area contributed by atoms with Crippen molar-refractivity contribution in [2.45, 2.75) is 51.9 Å². The first-order valence-electron chi connectivity index (χ1n) is 6.06. The predicted molar refractivity (Wildman–Crippen MR) is 69.6 cm³/mol. The third-order valence-corrected chi connectivity index (χ3v) is 4.07. The zero-order chi connectivity index (χ0) is 11.1. The van der Waals surface area contributed by atoms with Gasteiger partial charge in [0.1, 0.15) is 0 Å². The molecule has 1 unspecified atom stereocenters. The van der Waals surface area contributed by atoms with Gasteiger partial charge < -0.3 is 5.73 Å². The van der Waals surface area contributed by atoms with E-state index >= 15 is 0 Å². The molecule has 1 atom stereocenters. The minimum atomic E-state index is 0.645. The molecular formula is C13H23NS. The summed E-state index contributed by atoms with van der Waals surface area (Å²) < 4.78 is 0. The van der Waals surface area contributed by atoms with E-state index in [0.29, 0.717) is 5.92 Å².